The van der Waals surface area contributed by atoms with Crippen LogP contribution in [0, 0.1) is 6.92 Å². The minimum Gasteiger partial charge on any atom is -0.290 e. The van der Waals surface area contributed by atoms with Crippen molar-refractivity contribution in [3.63, 3.8) is 0 Å². The molecule has 0 aromatic heterocycles. The summed E-state index contributed by atoms with van der Waals surface area (Å²) in [7, 11) is 0. The molecule has 1 amide bonds. The fourth-order valence-electron chi connectivity index (χ4n) is 1.59. The lowest BCUT2D eigenvalue weighted by Crippen LogP contribution is -2.29. The van der Waals surface area contributed by atoms with Gasteiger partial charge in [-0.25, -0.2) is 5.84 Å². The fraction of sp³-hybridized carbons (Fsp3) is 0.0833. The first-order chi connectivity index (χ1) is 7.20. The lowest BCUT2D eigenvalue weighted by atomic mass is 10.0. The van der Waals surface area contributed by atoms with Crippen molar-refractivity contribution in [2.75, 3.05) is 0 Å². The first-order valence-corrected chi connectivity index (χ1v) is 4.72. The first kappa shape index (κ1) is 9.68. The summed E-state index contributed by atoms with van der Waals surface area (Å²) in [5, 5.41) is 2.17. The van der Waals surface area contributed by atoms with Crippen LogP contribution in [0.1, 0.15) is 15.9 Å². The van der Waals surface area contributed by atoms with Crippen LogP contribution in [0.2, 0.25) is 0 Å². The smallest absolute Gasteiger partial charge is 0.265 e. The zero-order valence-electron chi connectivity index (χ0n) is 8.45. The maximum absolute atomic E-state index is 11.3. The van der Waals surface area contributed by atoms with E-state index in [1.54, 1.807) is 6.07 Å². The Balaban J connectivity index is 2.57. The molecule has 0 saturated carbocycles. The molecular formula is C12H12N2O. The van der Waals surface area contributed by atoms with Crippen LogP contribution in [0.4, 0.5) is 0 Å². The number of hydrogen-bond acceptors (Lipinski definition) is 2. The third kappa shape index (κ3) is 1.82. The number of nitrogen functional groups attached to an aromatic ring is 1. The molecular weight excluding hydrogens is 188 g/mol. The second-order valence-electron chi connectivity index (χ2n) is 3.54. The summed E-state index contributed by atoms with van der Waals surface area (Å²) in [5.74, 6) is 4.81. The molecule has 0 spiro atoms. The predicted molar refractivity (Wildman–Crippen MR) is 60.3 cm³/mol. The number of carbonyl (C=O) groups excluding carboxylic acids is 1. The highest BCUT2D eigenvalue weighted by Crippen LogP contribution is 2.17. The molecule has 0 radical (unpaired) electrons. The van der Waals surface area contributed by atoms with Crippen molar-refractivity contribution in [2.24, 2.45) is 5.84 Å². The monoisotopic (exact) mass is 200 g/mol. The Kier molecular flexibility index (Phi) is 2.39. The van der Waals surface area contributed by atoms with Gasteiger partial charge in [0.25, 0.3) is 5.91 Å². The van der Waals surface area contributed by atoms with Crippen molar-refractivity contribution in [1.29, 1.82) is 0 Å². The van der Waals surface area contributed by atoms with Crippen LogP contribution in [0.3, 0.4) is 0 Å². The van der Waals surface area contributed by atoms with Gasteiger partial charge in [-0.1, -0.05) is 29.8 Å². The third-order valence-corrected chi connectivity index (χ3v) is 2.39. The minimum absolute atomic E-state index is 0.266. The van der Waals surface area contributed by atoms with E-state index >= 15 is 0 Å². The summed E-state index contributed by atoms with van der Waals surface area (Å²) in [6, 6.07) is 11.6. The van der Waals surface area contributed by atoms with E-state index in [0.29, 0.717) is 5.56 Å². The van der Waals surface area contributed by atoms with E-state index in [2.05, 4.69) is 11.5 Å². The number of rotatable bonds is 1. The van der Waals surface area contributed by atoms with E-state index in [9.17, 15) is 4.79 Å². The predicted octanol–water partition coefficient (Wildman–Crippen LogP) is 1.75. The van der Waals surface area contributed by atoms with Gasteiger partial charge < -0.3 is 0 Å². The number of benzene rings is 2. The molecule has 3 nitrogen and oxygen atoms in total. The molecule has 0 aliphatic rings. The molecule has 0 unspecified atom stereocenters. The number of carbonyl (C=O) groups is 1. The Bertz CT molecular complexity index is 520. The van der Waals surface area contributed by atoms with Crippen LogP contribution in [-0.4, -0.2) is 5.91 Å². The van der Waals surface area contributed by atoms with Crippen molar-refractivity contribution in [3.8, 4) is 0 Å². The average Bonchev–Trinajstić information content (AvgIpc) is 2.27. The molecule has 3 N–H and O–H groups in total. The number of hydrazine groups is 1. The summed E-state index contributed by atoms with van der Waals surface area (Å²) in [5.41, 5.74) is 3.90. The number of nitrogens with one attached hydrogen (secondary N) is 1. The summed E-state index contributed by atoms with van der Waals surface area (Å²) in [4.78, 5) is 11.3. The fourth-order valence-corrected chi connectivity index (χ4v) is 1.59. The molecule has 76 valence electrons. The standard InChI is InChI=1S/C12H12N2O/c1-8-2-3-10-7-11(12(15)14-13)5-4-9(10)6-8/h2-7H,13H2,1H3,(H,14,15). The van der Waals surface area contributed by atoms with Crippen LogP contribution < -0.4 is 11.3 Å². The number of hydrogen-bond donors (Lipinski definition) is 2. The molecule has 15 heavy (non-hydrogen) atoms. The maximum atomic E-state index is 11.3. The van der Waals surface area contributed by atoms with Gasteiger partial charge in [-0.15, -0.1) is 0 Å². The molecule has 2 rings (SSSR count). The summed E-state index contributed by atoms with van der Waals surface area (Å²) in [6.07, 6.45) is 0. The topological polar surface area (TPSA) is 55.1 Å². The van der Waals surface area contributed by atoms with Gasteiger partial charge in [-0.05, 0) is 29.8 Å². The van der Waals surface area contributed by atoms with Gasteiger partial charge in [0.15, 0.2) is 0 Å². The Morgan fingerprint density at radius 3 is 2.53 bits per heavy atom. The van der Waals surface area contributed by atoms with Crippen LogP contribution in [0.15, 0.2) is 36.4 Å². The summed E-state index contributed by atoms with van der Waals surface area (Å²) >= 11 is 0. The van der Waals surface area contributed by atoms with Gasteiger partial charge >= 0.3 is 0 Å². The molecule has 0 fully saturated rings. The molecule has 2 aromatic carbocycles. The average molecular weight is 200 g/mol. The molecule has 0 aliphatic heterocycles. The highest BCUT2D eigenvalue weighted by Gasteiger charge is 2.03. The van der Waals surface area contributed by atoms with Gasteiger partial charge in [0.2, 0.25) is 0 Å². The maximum Gasteiger partial charge on any atom is 0.265 e. The van der Waals surface area contributed by atoms with Crippen molar-refractivity contribution in [3.05, 3.63) is 47.5 Å². The highest BCUT2D eigenvalue weighted by molar-refractivity contribution is 5.98. The van der Waals surface area contributed by atoms with Crippen molar-refractivity contribution < 1.29 is 4.79 Å². The Hall–Kier alpha value is -1.87. The highest BCUT2D eigenvalue weighted by atomic mass is 16.2. The Morgan fingerprint density at radius 2 is 1.80 bits per heavy atom. The third-order valence-electron chi connectivity index (χ3n) is 2.39. The van der Waals surface area contributed by atoms with Crippen LogP contribution in [0.5, 0.6) is 0 Å². The van der Waals surface area contributed by atoms with Crippen molar-refractivity contribution >= 4 is 16.7 Å². The largest absolute Gasteiger partial charge is 0.290 e. The molecule has 3 heteroatoms. The van der Waals surface area contributed by atoms with Gasteiger partial charge in [0.05, 0.1) is 0 Å². The van der Waals surface area contributed by atoms with Gasteiger partial charge in [0.1, 0.15) is 0 Å². The van der Waals surface area contributed by atoms with Crippen LogP contribution in [0.25, 0.3) is 10.8 Å². The minimum atomic E-state index is -0.266. The van der Waals surface area contributed by atoms with Gasteiger partial charge in [0, 0.05) is 5.56 Å². The van der Waals surface area contributed by atoms with E-state index in [4.69, 9.17) is 5.84 Å². The zero-order chi connectivity index (χ0) is 10.8. The Labute approximate surface area is 87.9 Å². The second kappa shape index (κ2) is 3.71. The normalized spacial score (nSPS) is 10.3. The SMILES string of the molecule is Cc1ccc2cc(C(=O)NN)ccc2c1. The number of nitrogens with two attached hydrogens (primary N) is 1. The number of aryl methyl sites for hydroxylation is 1. The summed E-state index contributed by atoms with van der Waals surface area (Å²) < 4.78 is 0. The van der Waals surface area contributed by atoms with Crippen LogP contribution in [-0.2, 0) is 0 Å². The molecule has 0 atom stereocenters. The van der Waals surface area contributed by atoms with E-state index in [0.717, 1.165) is 10.8 Å². The second-order valence-corrected chi connectivity index (χ2v) is 3.54. The zero-order valence-corrected chi connectivity index (χ0v) is 8.45. The van der Waals surface area contributed by atoms with E-state index in [-0.39, 0.29) is 5.91 Å². The quantitative estimate of drug-likeness (QED) is 0.418. The van der Waals surface area contributed by atoms with Crippen molar-refractivity contribution in [2.45, 2.75) is 6.92 Å². The van der Waals surface area contributed by atoms with E-state index in [1.807, 2.05) is 31.2 Å². The van der Waals surface area contributed by atoms with Crippen LogP contribution >= 0.6 is 0 Å². The van der Waals surface area contributed by atoms with Gasteiger partial charge in [-0.2, -0.15) is 0 Å². The molecule has 0 bridgehead atoms. The molecule has 0 saturated heterocycles. The first-order valence-electron chi connectivity index (χ1n) is 4.72. The lowest BCUT2D eigenvalue weighted by molar-refractivity contribution is 0.0954. The summed E-state index contributed by atoms with van der Waals surface area (Å²) in [6.45, 7) is 2.04. The number of fused-ring (bicyclic) bond motifs is 1. The number of amides is 1. The molecule has 0 heterocycles. The van der Waals surface area contributed by atoms with Crippen molar-refractivity contribution in [1.82, 2.24) is 5.43 Å². The molecule has 2 aromatic rings. The Morgan fingerprint density at radius 1 is 1.13 bits per heavy atom. The van der Waals surface area contributed by atoms with E-state index < -0.39 is 0 Å². The lowest BCUT2D eigenvalue weighted by Gasteiger charge is -2.03. The molecule has 0 aliphatic carbocycles. The van der Waals surface area contributed by atoms with Gasteiger partial charge in [-0.3, -0.25) is 10.2 Å². The van der Waals surface area contributed by atoms with E-state index in [1.165, 1.54) is 5.56 Å².